The Morgan fingerprint density at radius 1 is 1.42 bits per heavy atom. The van der Waals surface area contributed by atoms with Gasteiger partial charge in [0.2, 0.25) is 5.91 Å². The van der Waals surface area contributed by atoms with Gasteiger partial charge in [0.25, 0.3) is 0 Å². The van der Waals surface area contributed by atoms with Gasteiger partial charge in [-0.25, -0.2) is 4.39 Å². The van der Waals surface area contributed by atoms with Crippen LogP contribution in [0.5, 0.6) is 0 Å². The lowest BCUT2D eigenvalue weighted by molar-refractivity contribution is -0.131. The Balaban J connectivity index is 1.93. The van der Waals surface area contributed by atoms with Crippen LogP contribution in [0.3, 0.4) is 0 Å². The minimum atomic E-state index is -0.202. The predicted molar refractivity (Wildman–Crippen MR) is 70.2 cm³/mol. The van der Waals surface area contributed by atoms with Gasteiger partial charge in [-0.2, -0.15) is 0 Å². The van der Waals surface area contributed by atoms with Gasteiger partial charge in [-0.3, -0.25) is 4.79 Å². The van der Waals surface area contributed by atoms with Gasteiger partial charge in [-0.05, 0) is 43.5 Å². The van der Waals surface area contributed by atoms with Crippen molar-refractivity contribution in [2.75, 3.05) is 0 Å². The van der Waals surface area contributed by atoms with E-state index in [1.165, 1.54) is 11.6 Å². The Labute approximate surface area is 110 Å². The molecule has 4 rings (SSSR count). The lowest BCUT2D eigenvalue weighted by atomic mass is 9.93. The first-order valence-electron chi connectivity index (χ1n) is 6.76. The highest BCUT2D eigenvalue weighted by Crippen LogP contribution is 2.41. The van der Waals surface area contributed by atoms with Crippen molar-refractivity contribution in [3.05, 3.63) is 35.3 Å². The number of fused-ring (bicyclic) bond motifs is 4. The van der Waals surface area contributed by atoms with Gasteiger partial charge in [-0.15, -0.1) is 0 Å². The smallest absolute Gasteiger partial charge is 0.223 e. The molecular formula is C15H15FN2O. The summed E-state index contributed by atoms with van der Waals surface area (Å²) in [6, 6.07) is 5.21. The molecule has 2 aliphatic heterocycles. The van der Waals surface area contributed by atoms with E-state index in [2.05, 4.69) is 11.9 Å². The third-order valence-corrected chi connectivity index (χ3v) is 4.55. The summed E-state index contributed by atoms with van der Waals surface area (Å²) in [6.45, 7) is 2.06. The SMILES string of the molecule is C[C@@H]1c2[nH]c3ccc(F)cc3c2CC2CCC(=O)N21. The summed E-state index contributed by atoms with van der Waals surface area (Å²) in [6.07, 6.45) is 2.41. The molecule has 0 saturated carbocycles. The van der Waals surface area contributed by atoms with E-state index in [4.69, 9.17) is 0 Å². The Kier molecular flexibility index (Phi) is 2.08. The number of amides is 1. The van der Waals surface area contributed by atoms with E-state index < -0.39 is 0 Å². The van der Waals surface area contributed by atoms with Crippen molar-refractivity contribution in [3.63, 3.8) is 0 Å². The van der Waals surface area contributed by atoms with E-state index in [-0.39, 0.29) is 23.8 Å². The van der Waals surface area contributed by atoms with E-state index >= 15 is 0 Å². The topological polar surface area (TPSA) is 36.1 Å². The van der Waals surface area contributed by atoms with Crippen molar-refractivity contribution in [3.8, 4) is 0 Å². The van der Waals surface area contributed by atoms with Gasteiger partial charge < -0.3 is 9.88 Å². The van der Waals surface area contributed by atoms with Crippen molar-refractivity contribution >= 4 is 16.8 Å². The number of rotatable bonds is 0. The van der Waals surface area contributed by atoms with Gasteiger partial charge in [0, 0.05) is 29.1 Å². The van der Waals surface area contributed by atoms with Crippen molar-refractivity contribution in [1.29, 1.82) is 0 Å². The van der Waals surface area contributed by atoms with E-state index in [1.807, 2.05) is 4.90 Å². The second-order valence-electron chi connectivity index (χ2n) is 5.58. The Bertz CT molecular complexity index is 691. The maximum absolute atomic E-state index is 13.4. The minimum Gasteiger partial charge on any atom is -0.356 e. The van der Waals surface area contributed by atoms with Crippen LogP contribution in [0, 0.1) is 5.82 Å². The zero-order valence-corrected chi connectivity index (χ0v) is 10.7. The second-order valence-corrected chi connectivity index (χ2v) is 5.58. The summed E-state index contributed by atoms with van der Waals surface area (Å²) < 4.78 is 13.4. The summed E-state index contributed by atoms with van der Waals surface area (Å²) in [7, 11) is 0. The molecule has 0 radical (unpaired) electrons. The lowest BCUT2D eigenvalue weighted by Crippen LogP contribution is -2.40. The average Bonchev–Trinajstić information content (AvgIpc) is 2.92. The Morgan fingerprint density at radius 2 is 2.26 bits per heavy atom. The van der Waals surface area contributed by atoms with Gasteiger partial charge in [-0.1, -0.05) is 0 Å². The maximum Gasteiger partial charge on any atom is 0.223 e. The monoisotopic (exact) mass is 258 g/mol. The van der Waals surface area contributed by atoms with Crippen molar-refractivity contribution in [1.82, 2.24) is 9.88 Å². The molecule has 1 aromatic heterocycles. The highest BCUT2D eigenvalue weighted by molar-refractivity contribution is 5.87. The molecule has 0 bridgehead atoms. The number of halogens is 1. The van der Waals surface area contributed by atoms with Crippen LogP contribution in [0.15, 0.2) is 18.2 Å². The summed E-state index contributed by atoms with van der Waals surface area (Å²) in [5.74, 6) is 0.0415. The average molecular weight is 258 g/mol. The van der Waals surface area contributed by atoms with E-state index in [9.17, 15) is 9.18 Å². The quantitative estimate of drug-likeness (QED) is 0.775. The van der Waals surface area contributed by atoms with E-state index in [1.54, 1.807) is 12.1 Å². The fourth-order valence-electron chi connectivity index (χ4n) is 3.69. The van der Waals surface area contributed by atoms with Gasteiger partial charge in [0.15, 0.2) is 0 Å². The molecule has 2 aliphatic rings. The summed E-state index contributed by atoms with van der Waals surface area (Å²) in [4.78, 5) is 17.3. The second kappa shape index (κ2) is 3.59. The first kappa shape index (κ1) is 11.0. The number of carbonyl (C=O) groups is 1. The van der Waals surface area contributed by atoms with Crippen molar-refractivity contribution in [2.45, 2.75) is 38.3 Å². The van der Waals surface area contributed by atoms with Crippen LogP contribution in [0.1, 0.15) is 37.1 Å². The molecule has 3 nitrogen and oxygen atoms in total. The first-order chi connectivity index (χ1) is 9.15. The third kappa shape index (κ3) is 1.40. The van der Waals surface area contributed by atoms with Gasteiger partial charge in [0.1, 0.15) is 5.82 Å². The van der Waals surface area contributed by atoms with Crippen LogP contribution in [0.2, 0.25) is 0 Å². The molecule has 1 N–H and O–H groups in total. The predicted octanol–water partition coefficient (Wildman–Crippen LogP) is 2.92. The molecular weight excluding hydrogens is 243 g/mol. The molecule has 0 aliphatic carbocycles. The number of aromatic amines is 1. The molecule has 1 saturated heterocycles. The largest absolute Gasteiger partial charge is 0.356 e. The molecule has 1 aromatic carbocycles. The van der Waals surface area contributed by atoms with Crippen LogP contribution in [0.25, 0.3) is 10.9 Å². The fourth-order valence-corrected chi connectivity index (χ4v) is 3.69. The molecule has 4 heteroatoms. The summed E-state index contributed by atoms with van der Waals surface area (Å²) >= 11 is 0. The Hall–Kier alpha value is -1.84. The normalized spacial score (nSPS) is 25.8. The van der Waals surface area contributed by atoms with Crippen molar-refractivity contribution < 1.29 is 9.18 Å². The highest BCUT2D eigenvalue weighted by atomic mass is 19.1. The summed E-state index contributed by atoms with van der Waals surface area (Å²) in [5, 5.41) is 0.973. The van der Waals surface area contributed by atoms with Gasteiger partial charge in [0.05, 0.1) is 6.04 Å². The zero-order chi connectivity index (χ0) is 13.1. The standard InChI is InChI=1S/C15H15FN2O/c1-8-15-12(7-10-3-5-14(19)18(8)10)11-6-9(16)2-4-13(11)17-15/h2,4,6,8,10,17H,3,5,7H2,1H3/t8-,10?/m1/s1. The molecule has 1 amide bonds. The number of aromatic nitrogens is 1. The maximum atomic E-state index is 13.4. The van der Waals surface area contributed by atoms with E-state index in [0.717, 1.165) is 29.4 Å². The van der Waals surface area contributed by atoms with Crippen LogP contribution >= 0.6 is 0 Å². The minimum absolute atomic E-state index is 0.0687. The van der Waals surface area contributed by atoms with E-state index in [0.29, 0.717) is 6.42 Å². The molecule has 1 fully saturated rings. The molecule has 98 valence electrons. The molecule has 2 aromatic rings. The fraction of sp³-hybridized carbons (Fsp3) is 0.400. The number of hydrogen-bond donors (Lipinski definition) is 1. The number of carbonyl (C=O) groups excluding carboxylic acids is 1. The zero-order valence-electron chi connectivity index (χ0n) is 10.7. The van der Waals surface area contributed by atoms with Crippen LogP contribution in [-0.4, -0.2) is 21.8 Å². The highest BCUT2D eigenvalue weighted by Gasteiger charge is 2.40. The molecule has 1 unspecified atom stereocenters. The Morgan fingerprint density at radius 3 is 3.11 bits per heavy atom. The number of hydrogen-bond acceptors (Lipinski definition) is 1. The third-order valence-electron chi connectivity index (χ3n) is 4.55. The molecule has 19 heavy (non-hydrogen) atoms. The van der Waals surface area contributed by atoms with Crippen LogP contribution in [-0.2, 0) is 11.2 Å². The summed E-state index contributed by atoms with van der Waals surface area (Å²) in [5.41, 5.74) is 3.23. The number of nitrogens with one attached hydrogen (secondary N) is 1. The molecule has 3 heterocycles. The molecule has 2 atom stereocenters. The van der Waals surface area contributed by atoms with Crippen LogP contribution in [0.4, 0.5) is 4.39 Å². The number of benzene rings is 1. The first-order valence-corrected chi connectivity index (χ1v) is 6.76. The van der Waals surface area contributed by atoms with Gasteiger partial charge >= 0.3 is 0 Å². The van der Waals surface area contributed by atoms with Crippen LogP contribution < -0.4 is 0 Å². The molecule has 0 spiro atoms. The van der Waals surface area contributed by atoms with Crippen molar-refractivity contribution in [2.24, 2.45) is 0 Å². The number of H-pyrrole nitrogens is 1. The number of nitrogens with zero attached hydrogens (tertiary/aromatic N) is 1. The lowest BCUT2D eigenvalue weighted by Gasteiger charge is -2.35.